The van der Waals surface area contributed by atoms with Crippen molar-refractivity contribution in [2.24, 2.45) is 5.73 Å². The van der Waals surface area contributed by atoms with Crippen molar-refractivity contribution in [3.05, 3.63) is 29.8 Å². The number of nitrogens with zero attached hydrogens (tertiary/aromatic N) is 1. The number of benzene rings is 1. The molecule has 0 aliphatic carbocycles. The first kappa shape index (κ1) is 14.3. The van der Waals surface area contributed by atoms with Crippen molar-refractivity contribution in [1.82, 2.24) is 4.90 Å². The highest BCUT2D eigenvalue weighted by Gasteiger charge is 2.30. The van der Waals surface area contributed by atoms with Crippen molar-refractivity contribution in [1.29, 1.82) is 0 Å². The van der Waals surface area contributed by atoms with Gasteiger partial charge in [-0.2, -0.15) is 0 Å². The van der Waals surface area contributed by atoms with Crippen LogP contribution in [0.2, 0.25) is 0 Å². The maximum absolute atomic E-state index is 10.0. The molecule has 3 N–H and O–H groups in total. The molecule has 0 radical (unpaired) electrons. The molecule has 4 heteroatoms. The van der Waals surface area contributed by atoms with E-state index in [1.165, 1.54) is 5.56 Å². The van der Waals surface area contributed by atoms with Crippen LogP contribution in [0.1, 0.15) is 31.4 Å². The Morgan fingerprint density at radius 2 is 1.89 bits per heavy atom. The summed E-state index contributed by atoms with van der Waals surface area (Å²) in [4.78, 5) is 2.36. The van der Waals surface area contributed by atoms with Gasteiger partial charge in [0, 0.05) is 25.7 Å². The second-order valence-electron chi connectivity index (χ2n) is 5.56. The summed E-state index contributed by atoms with van der Waals surface area (Å²) in [6.07, 6.45) is 1.61. The van der Waals surface area contributed by atoms with E-state index in [9.17, 15) is 5.11 Å². The van der Waals surface area contributed by atoms with Crippen molar-refractivity contribution in [2.75, 3.05) is 26.7 Å². The molecule has 106 valence electrons. The molecule has 0 spiro atoms. The van der Waals surface area contributed by atoms with Crippen molar-refractivity contribution >= 4 is 0 Å². The van der Waals surface area contributed by atoms with Gasteiger partial charge in [0.05, 0.1) is 12.7 Å². The summed E-state index contributed by atoms with van der Waals surface area (Å²) in [5.41, 5.74) is 6.63. The molecule has 1 unspecified atom stereocenters. The van der Waals surface area contributed by atoms with E-state index >= 15 is 0 Å². The second kappa shape index (κ2) is 5.90. The molecule has 1 aromatic carbocycles. The van der Waals surface area contributed by atoms with Gasteiger partial charge in [-0.05, 0) is 37.5 Å². The van der Waals surface area contributed by atoms with Gasteiger partial charge in [0.1, 0.15) is 5.75 Å². The highest BCUT2D eigenvalue weighted by molar-refractivity contribution is 5.29. The van der Waals surface area contributed by atoms with Crippen LogP contribution in [-0.2, 0) is 0 Å². The van der Waals surface area contributed by atoms with E-state index in [0.29, 0.717) is 6.54 Å². The van der Waals surface area contributed by atoms with Crippen LogP contribution in [0.15, 0.2) is 24.3 Å². The first-order valence-corrected chi connectivity index (χ1v) is 6.86. The number of hydrogen-bond acceptors (Lipinski definition) is 4. The molecule has 1 saturated heterocycles. The maximum atomic E-state index is 10.0. The predicted octanol–water partition coefficient (Wildman–Crippen LogP) is 1.54. The minimum Gasteiger partial charge on any atom is -0.497 e. The highest BCUT2D eigenvalue weighted by Crippen LogP contribution is 2.29. The minimum absolute atomic E-state index is 0.224. The average Bonchev–Trinajstić information content (AvgIpc) is 2.42. The van der Waals surface area contributed by atoms with E-state index in [1.807, 2.05) is 19.1 Å². The van der Waals surface area contributed by atoms with Gasteiger partial charge in [-0.15, -0.1) is 0 Å². The quantitative estimate of drug-likeness (QED) is 0.866. The van der Waals surface area contributed by atoms with E-state index in [4.69, 9.17) is 10.5 Å². The molecule has 0 bridgehead atoms. The topological polar surface area (TPSA) is 58.7 Å². The standard InChI is InChI=1S/C15H24N2O2/c1-15(18)7-9-17(10-8-15)14(11-16)12-3-5-13(19-2)6-4-12/h3-6,14,18H,7-11,16H2,1-2H3. The first-order chi connectivity index (χ1) is 9.05. The zero-order chi connectivity index (χ0) is 13.9. The zero-order valence-electron chi connectivity index (χ0n) is 11.8. The molecule has 1 aliphatic rings. The monoisotopic (exact) mass is 264 g/mol. The summed E-state index contributed by atoms with van der Waals surface area (Å²) >= 11 is 0. The molecule has 0 aromatic heterocycles. The lowest BCUT2D eigenvalue weighted by Gasteiger charge is -2.40. The van der Waals surface area contributed by atoms with Crippen LogP contribution in [-0.4, -0.2) is 42.4 Å². The third-order valence-corrected chi connectivity index (χ3v) is 4.04. The number of hydrogen-bond donors (Lipinski definition) is 2. The smallest absolute Gasteiger partial charge is 0.118 e. The number of ether oxygens (including phenoxy) is 1. The number of aliphatic hydroxyl groups is 1. The van der Waals surface area contributed by atoms with Gasteiger partial charge in [-0.3, -0.25) is 4.90 Å². The fraction of sp³-hybridized carbons (Fsp3) is 0.600. The number of rotatable bonds is 4. The fourth-order valence-electron chi connectivity index (χ4n) is 2.64. The van der Waals surface area contributed by atoms with Crippen LogP contribution in [0.25, 0.3) is 0 Å². The molecule has 1 heterocycles. The normalized spacial score (nSPS) is 21.1. The highest BCUT2D eigenvalue weighted by atomic mass is 16.5. The maximum Gasteiger partial charge on any atom is 0.118 e. The summed E-state index contributed by atoms with van der Waals surface area (Å²) < 4.78 is 5.18. The third-order valence-electron chi connectivity index (χ3n) is 4.04. The molecular formula is C15H24N2O2. The van der Waals surface area contributed by atoms with E-state index in [1.54, 1.807) is 7.11 Å². The van der Waals surface area contributed by atoms with Crippen molar-refractivity contribution in [3.8, 4) is 5.75 Å². The Bertz CT molecular complexity index is 393. The molecule has 19 heavy (non-hydrogen) atoms. The van der Waals surface area contributed by atoms with Crippen LogP contribution in [0.5, 0.6) is 5.75 Å². The van der Waals surface area contributed by atoms with Gasteiger partial charge in [-0.25, -0.2) is 0 Å². The summed E-state index contributed by atoms with van der Waals surface area (Å²) in [5.74, 6) is 0.862. The van der Waals surface area contributed by atoms with Crippen LogP contribution in [0, 0.1) is 0 Å². The zero-order valence-corrected chi connectivity index (χ0v) is 11.8. The van der Waals surface area contributed by atoms with Crippen molar-refractivity contribution in [3.63, 3.8) is 0 Å². The lowest BCUT2D eigenvalue weighted by atomic mass is 9.92. The van der Waals surface area contributed by atoms with Gasteiger partial charge < -0.3 is 15.6 Å². The largest absolute Gasteiger partial charge is 0.497 e. The van der Waals surface area contributed by atoms with Gasteiger partial charge in [0.15, 0.2) is 0 Å². The Labute approximate surface area is 115 Å². The third kappa shape index (κ3) is 3.47. The molecule has 1 aliphatic heterocycles. The Kier molecular flexibility index (Phi) is 4.45. The molecule has 1 fully saturated rings. The summed E-state index contributed by atoms with van der Waals surface area (Å²) in [5, 5.41) is 10.0. The molecule has 0 amide bonds. The fourth-order valence-corrected chi connectivity index (χ4v) is 2.64. The van der Waals surface area contributed by atoms with E-state index in [-0.39, 0.29) is 6.04 Å². The van der Waals surface area contributed by atoms with Gasteiger partial charge in [0.25, 0.3) is 0 Å². The van der Waals surface area contributed by atoms with Crippen molar-refractivity contribution < 1.29 is 9.84 Å². The Hall–Kier alpha value is -1.10. The SMILES string of the molecule is COc1ccc(C(CN)N2CCC(C)(O)CC2)cc1. The predicted molar refractivity (Wildman–Crippen MR) is 76.2 cm³/mol. The summed E-state index contributed by atoms with van der Waals surface area (Å²) in [6, 6.07) is 8.31. The van der Waals surface area contributed by atoms with E-state index < -0.39 is 5.60 Å². The molecular weight excluding hydrogens is 240 g/mol. The van der Waals surface area contributed by atoms with E-state index in [0.717, 1.165) is 31.7 Å². The minimum atomic E-state index is -0.518. The molecule has 1 aromatic rings. The second-order valence-corrected chi connectivity index (χ2v) is 5.56. The van der Waals surface area contributed by atoms with Crippen LogP contribution in [0.3, 0.4) is 0 Å². The van der Waals surface area contributed by atoms with Gasteiger partial charge >= 0.3 is 0 Å². The number of methoxy groups -OCH3 is 1. The first-order valence-electron chi connectivity index (χ1n) is 6.86. The molecule has 0 saturated carbocycles. The number of likely N-dealkylation sites (tertiary alicyclic amines) is 1. The number of nitrogens with two attached hydrogens (primary N) is 1. The van der Waals surface area contributed by atoms with Crippen LogP contribution in [0.4, 0.5) is 0 Å². The van der Waals surface area contributed by atoms with Gasteiger partial charge in [0.2, 0.25) is 0 Å². The molecule has 4 nitrogen and oxygen atoms in total. The lowest BCUT2D eigenvalue weighted by molar-refractivity contribution is -0.0160. The molecule has 1 atom stereocenters. The lowest BCUT2D eigenvalue weighted by Crippen LogP contribution is -2.45. The van der Waals surface area contributed by atoms with Crippen LogP contribution < -0.4 is 10.5 Å². The Balaban J connectivity index is 2.07. The molecule has 2 rings (SSSR count). The Morgan fingerprint density at radius 1 is 1.32 bits per heavy atom. The number of piperidine rings is 1. The summed E-state index contributed by atoms with van der Waals surface area (Å²) in [7, 11) is 1.67. The van der Waals surface area contributed by atoms with Gasteiger partial charge in [-0.1, -0.05) is 12.1 Å². The van der Waals surface area contributed by atoms with Crippen molar-refractivity contribution in [2.45, 2.75) is 31.4 Å². The average molecular weight is 264 g/mol. The van der Waals surface area contributed by atoms with Crippen LogP contribution >= 0.6 is 0 Å². The Morgan fingerprint density at radius 3 is 2.37 bits per heavy atom. The van der Waals surface area contributed by atoms with E-state index in [2.05, 4.69) is 17.0 Å². The summed E-state index contributed by atoms with van der Waals surface area (Å²) in [6.45, 7) is 4.28.